The smallest absolute Gasteiger partial charge is 0.136 e. The van der Waals surface area contributed by atoms with Crippen LogP contribution in [-0.2, 0) is 7.05 Å². The molecule has 0 amide bonds. The second-order valence-electron chi connectivity index (χ2n) is 3.63. The summed E-state index contributed by atoms with van der Waals surface area (Å²) in [7, 11) is 1.82. The number of nitrogens with zero attached hydrogens (tertiary/aromatic N) is 2. The zero-order chi connectivity index (χ0) is 12.4. The third-order valence-electron chi connectivity index (χ3n) is 2.47. The highest BCUT2D eigenvalue weighted by Crippen LogP contribution is 2.32. The lowest BCUT2D eigenvalue weighted by Crippen LogP contribution is -1.97. The SMILES string of the molecule is CCOc1ccc(-c2nn(C)c(N)c2Br)cc1. The number of aromatic nitrogens is 2. The van der Waals surface area contributed by atoms with Crippen molar-refractivity contribution in [3.05, 3.63) is 28.7 Å². The second-order valence-corrected chi connectivity index (χ2v) is 4.42. The molecule has 0 fully saturated rings. The summed E-state index contributed by atoms with van der Waals surface area (Å²) in [6, 6.07) is 7.79. The Morgan fingerprint density at radius 1 is 1.35 bits per heavy atom. The van der Waals surface area contributed by atoms with Gasteiger partial charge in [0.2, 0.25) is 0 Å². The number of hydrogen-bond acceptors (Lipinski definition) is 3. The highest BCUT2D eigenvalue weighted by molar-refractivity contribution is 9.10. The van der Waals surface area contributed by atoms with E-state index in [0.717, 1.165) is 21.5 Å². The fraction of sp³-hybridized carbons (Fsp3) is 0.250. The fourth-order valence-corrected chi connectivity index (χ4v) is 2.14. The number of rotatable bonds is 3. The van der Waals surface area contributed by atoms with Crippen LogP contribution < -0.4 is 10.5 Å². The van der Waals surface area contributed by atoms with Crippen LogP contribution in [0.3, 0.4) is 0 Å². The van der Waals surface area contributed by atoms with Crippen LogP contribution >= 0.6 is 15.9 Å². The van der Waals surface area contributed by atoms with Crippen molar-refractivity contribution in [3.8, 4) is 17.0 Å². The first-order valence-electron chi connectivity index (χ1n) is 5.34. The summed E-state index contributed by atoms with van der Waals surface area (Å²) in [6.07, 6.45) is 0. The molecule has 2 N–H and O–H groups in total. The monoisotopic (exact) mass is 295 g/mol. The Morgan fingerprint density at radius 3 is 2.47 bits per heavy atom. The van der Waals surface area contributed by atoms with Crippen molar-refractivity contribution in [1.82, 2.24) is 9.78 Å². The van der Waals surface area contributed by atoms with Crippen molar-refractivity contribution in [1.29, 1.82) is 0 Å². The predicted molar refractivity (Wildman–Crippen MR) is 71.9 cm³/mol. The van der Waals surface area contributed by atoms with Crippen LogP contribution in [0.5, 0.6) is 5.75 Å². The zero-order valence-corrected chi connectivity index (χ0v) is 11.4. The number of nitrogens with two attached hydrogens (primary N) is 1. The quantitative estimate of drug-likeness (QED) is 0.947. The molecule has 0 saturated heterocycles. The van der Waals surface area contributed by atoms with Gasteiger partial charge in [0.1, 0.15) is 17.3 Å². The summed E-state index contributed by atoms with van der Waals surface area (Å²) in [5.41, 5.74) is 7.69. The molecule has 0 atom stereocenters. The number of benzene rings is 1. The molecule has 5 heteroatoms. The third-order valence-corrected chi connectivity index (χ3v) is 3.25. The van der Waals surface area contributed by atoms with Gasteiger partial charge in [-0.25, -0.2) is 0 Å². The molecule has 0 aliphatic heterocycles. The molecule has 0 aliphatic rings. The van der Waals surface area contributed by atoms with Gasteiger partial charge in [-0.15, -0.1) is 0 Å². The van der Waals surface area contributed by atoms with Crippen LogP contribution in [0.1, 0.15) is 6.92 Å². The van der Waals surface area contributed by atoms with E-state index >= 15 is 0 Å². The Morgan fingerprint density at radius 2 is 2.00 bits per heavy atom. The third kappa shape index (κ3) is 2.29. The summed E-state index contributed by atoms with van der Waals surface area (Å²) in [6.45, 7) is 2.63. The van der Waals surface area contributed by atoms with Gasteiger partial charge in [-0.1, -0.05) is 0 Å². The molecule has 0 unspecified atom stereocenters. The molecular weight excluding hydrogens is 282 g/mol. The fourth-order valence-electron chi connectivity index (χ4n) is 1.57. The molecule has 0 radical (unpaired) electrons. The molecule has 17 heavy (non-hydrogen) atoms. The molecule has 2 rings (SSSR count). The number of anilines is 1. The molecule has 0 saturated carbocycles. The lowest BCUT2D eigenvalue weighted by atomic mass is 10.1. The van der Waals surface area contributed by atoms with E-state index in [4.69, 9.17) is 10.5 Å². The van der Waals surface area contributed by atoms with E-state index in [9.17, 15) is 0 Å². The van der Waals surface area contributed by atoms with Gasteiger partial charge in [0.15, 0.2) is 0 Å². The Labute approximate surface area is 109 Å². The standard InChI is InChI=1S/C12H14BrN3O/c1-3-17-9-6-4-8(5-7-9)11-10(13)12(14)16(2)15-11/h4-7H,3,14H2,1-2H3. The van der Waals surface area contributed by atoms with Gasteiger partial charge in [-0.3, -0.25) is 4.68 Å². The first kappa shape index (κ1) is 12.0. The van der Waals surface area contributed by atoms with Crippen molar-refractivity contribution in [3.63, 3.8) is 0 Å². The normalized spacial score (nSPS) is 10.5. The number of ether oxygens (including phenoxy) is 1. The highest BCUT2D eigenvalue weighted by atomic mass is 79.9. The average molecular weight is 296 g/mol. The average Bonchev–Trinajstić information content (AvgIpc) is 2.59. The van der Waals surface area contributed by atoms with Crippen LogP contribution in [-0.4, -0.2) is 16.4 Å². The Kier molecular flexibility index (Phi) is 3.38. The minimum atomic E-state index is 0.619. The van der Waals surface area contributed by atoms with Crippen LogP contribution in [0.15, 0.2) is 28.7 Å². The van der Waals surface area contributed by atoms with Gasteiger partial charge < -0.3 is 10.5 Å². The number of nitrogen functional groups attached to an aromatic ring is 1. The van der Waals surface area contributed by atoms with E-state index in [1.807, 2.05) is 38.2 Å². The van der Waals surface area contributed by atoms with Crippen molar-refractivity contribution >= 4 is 21.7 Å². The van der Waals surface area contributed by atoms with Gasteiger partial charge in [-0.2, -0.15) is 5.10 Å². The molecule has 90 valence electrons. The van der Waals surface area contributed by atoms with Gasteiger partial charge in [0.05, 0.1) is 11.1 Å². The van der Waals surface area contributed by atoms with Crippen LogP contribution in [0.2, 0.25) is 0 Å². The summed E-state index contributed by atoms with van der Waals surface area (Å²) in [4.78, 5) is 0. The van der Waals surface area contributed by atoms with Crippen LogP contribution in [0.4, 0.5) is 5.82 Å². The maximum Gasteiger partial charge on any atom is 0.136 e. The van der Waals surface area contributed by atoms with E-state index in [0.29, 0.717) is 12.4 Å². The summed E-state index contributed by atoms with van der Waals surface area (Å²) < 4.78 is 7.87. The van der Waals surface area contributed by atoms with Crippen molar-refractivity contribution < 1.29 is 4.74 Å². The van der Waals surface area contributed by atoms with E-state index < -0.39 is 0 Å². The Hall–Kier alpha value is -1.49. The minimum Gasteiger partial charge on any atom is -0.494 e. The van der Waals surface area contributed by atoms with Crippen LogP contribution in [0.25, 0.3) is 11.3 Å². The number of aryl methyl sites for hydroxylation is 1. The molecule has 1 aromatic heterocycles. The summed E-state index contributed by atoms with van der Waals surface area (Å²) in [5, 5.41) is 4.36. The molecule has 2 aromatic rings. The van der Waals surface area contributed by atoms with Crippen molar-refractivity contribution in [2.75, 3.05) is 12.3 Å². The largest absolute Gasteiger partial charge is 0.494 e. The van der Waals surface area contributed by atoms with E-state index in [2.05, 4.69) is 21.0 Å². The molecule has 1 heterocycles. The molecule has 0 spiro atoms. The summed E-state index contributed by atoms with van der Waals surface area (Å²) in [5.74, 6) is 1.48. The maximum absolute atomic E-state index is 5.85. The molecule has 1 aromatic carbocycles. The minimum absolute atomic E-state index is 0.619. The topological polar surface area (TPSA) is 53.1 Å². The maximum atomic E-state index is 5.85. The van der Waals surface area contributed by atoms with E-state index in [-0.39, 0.29) is 0 Å². The van der Waals surface area contributed by atoms with E-state index in [1.165, 1.54) is 0 Å². The lowest BCUT2D eigenvalue weighted by Gasteiger charge is -2.03. The van der Waals surface area contributed by atoms with Crippen LogP contribution in [0, 0.1) is 0 Å². The van der Waals surface area contributed by atoms with Gasteiger partial charge in [0, 0.05) is 12.6 Å². The molecule has 4 nitrogen and oxygen atoms in total. The number of hydrogen-bond donors (Lipinski definition) is 1. The number of halogens is 1. The lowest BCUT2D eigenvalue weighted by molar-refractivity contribution is 0.340. The molecule has 0 bridgehead atoms. The first-order chi connectivity index (χ1) is 8.13. The Balaban J connectivity index is 2.36. The second kappa shape index (κ2) is 4.79. The zero-order valence-electron chi connectivity index (χ0n) is 9.77. The highest BCUT2D eigenvalue weighted by Gasteiger charge is 2.12. The van der Waals surface area contributed by atoms with E-state index in [1.54, 1.807) is 4.68 Å². The summed E-state index contributed by atoms with van der Waals surface area (Å²) >= 11 is 3.45. The van der Waals surface area contributed by atoms with Crippen molar-refractivity contribution in [2.45, 2.75) is 6.92 Å². The predicted octanol–water partition coefficient (Wildman–Crippen LogP) is 2.83. The molecular formula is C12H14BrN3O. The van der Waals surface area contributed by atoms with Crippen molar-refractivity contribution in [2.24, 2.45) is 7.05 Å². The van der Waals surface area contributed by atoms with Gasteiger partial charge >= 0.3 is 0 Å². The Bertz CT molecular complexity index is 519. The first-order valence-corrected chi connectivity index (χ1v) is 6.14. The van der Waals surface area contributed by atoms with Gasteiger partial charge in [0.25, 0.3) is 0 Å². The molecule has 0 aliphatic carbocycles. The van der Waals surface area contributed by atoms with Gasteiger partial charge in [-0.05, 0) is 47.1 Å².